The van der Waals surface area contributed by atoms with E-state index in [0.29, 0.717) is 6.17 Å². The Balaban J connectivity index is 2.12. The third kappa shape index (κ3) is 13.3. The van der Waals surface area contributed by atoms with Gasteiger partial charge in [-0.1, -0.05) is 117 Å². The van der Waals surface area contributed by atoms with Crippen molar-refractivity contribution < 1.29 is 0 Å². The van der Waals surface area contributed by atoms with E-state index >= 15 is 0 Å². The maximum absolute atomic E-state index is 2.64. The van der Waals surface area contributed by atoms with E-state index in [2.05, 4.69) is 43.0 Å². The first-order chi connectivity index (χ1) is 14.3. The van der Waals surface area contributed by atoms with Gasteiger partial charge < -0.3 is 9.80 Å². The molecule has 1 aliphatic heterocycles. The minimum atomic E-state index is 0.645. The van der Waals surface area contributed by atoms with E-state index in [1.807, 2.05) is 0 Å². The molecule has 0 saturated carbocycles. The van der Waals surface area contributed by atoms with E-state index in [9.17, 15) is 0 Å². The average Bonchev–Trinajstić information content (AvgIpc) is 3.11. The molecule has 1 rings (SSSR count). The van der Waals surface area contributed by atoms with Crippen LogP contribution in [0.5, 0.6) is 0 Å². The first-order valence-corrected chi connectivity index (χ1v) is 13.5. The van der Waals surface area contributed by atoms with Crippen molar-refractivity contribution >= 4 is 0 Å². The lowest BCUT2D eigenvalue weighted by Gasteiger charge is -2.33. The van der Waals surface area contributed by atoms with Crippen LogP contribution in [0, 0.1) is 0 Å². The molecule has 0 amide bonds. The predicted octanol–water partition coefficient (Wildman–Crippen LogP) is 8.87. The Morgan fingerprint density at radius 3 is 1.21 bits per heavy atom. The molecule has 0 saturated heterocycles. The summed E-state index contributed by atoms with van der Waals surface area (Å²) in [6, 6.07) is 0. The number of hydrogen-bond donors (Lipinski definition) is 0. The Hall–Kier alpha value is -0.660. The van der Waals surface area contributed by atoms with Crippen molar-refractivity contribution in [2.24, 2.45) is 0 Å². The summed E-state index contributed by atoms with van der Waals surface area (Å²) in [5, 5.41) is 0. The van der Waals surface area contributed by atoms with Crippen molar-refractivity contribution in [1.82, 2.24) is 9.80 Å². The molecule has 0 aromatic heterocycles. The number of rotatable bonds is 21. The zero-order chi connectivity index (χ0) is 21.0. The first-order valence-electron chi connectivity index (χ1n) is 13.5. The van der Waals surface area contributed by atoms with Crippen molar-refractivity contribution in [1.29, 1.82) is 0 Å². The third-order valence-electron chi connectivity index (χ3n) is 6.57. The molecule has 0 spiro atoms. The van der Waals surface area contributed by atoms with Crippen LogP contribution >= 0.6 is 0 Å². The Morgan fingerprint density at radius 2 is 0.793 bits per heavy atom. The van der Waals surface area contributed by atoms with Gasteiger partial charge in [0.2, 0.25) is 0 Å². The van der Waals surface area contributed by atoms with Crippen LogP contribution in [0.4, 0.5) is 0 Å². The molecule has 0 aromatic rings. The molecule has 0 fully saturated rings. The van der Waals surface area contributed by atoms with Gasteiger partial charge >= 0.3 is 0 Å². The van der Waals surface area contributed by atoms with E-state index in [0.717, 1.165) is 0 Å². The zero-order valence-corrected chi connectivity index (χ0v) is 20.5. The molecule has 0 unspecified atom stereocenters. The van der Waals surface area contributed by atoms with Crippen LogP contribution < -0.4 is 0 Å². The smallest absolute Gasteiger partial charge is 0.101 e. The van der Waals surface area contributed by atoms with Gasteiger partial charge in [-0.15, -0.1) is 0 Å². The van der Waals surface area contributed by atoms with E-state index in [1.165, 1.54) is 135 Å². The maximum Gasteiger partial charge on any atom is 0.101 e. The van der Waals surface area contributed by atoms with Gasteiger partial charge in [0.15, 0.2) is 0 Å². The summed E-state index contributed by atoms with van der Waals surface area (Å²) >= 11 is 0. The number of unbranched alkanes of at least 4 members (excludes halogenated alkanes) is 15. The second-order valence-corrected chi connectivity index (χ2v) is 9.35. The van der Waals surface area contributed by atoms with Crippen molar-refractivity contribution in [3.05, 3.63) is 12.4 Å². The van der Waals surface area contributed by atoms with E-state index in [1.54, 1.807) is 0 Å². The van der Waals surface area contributed by atoms with Crippen molar-refractivity contribution in [3.63, 3.8) is 0 Å². The molecule has 2 nitrogen and oxygen atoms in total. The fourth-order valence-electron chi connectivity index (χ4n) is 4.60. The molecule has 1 heterocycles. The van der Waals surface area contributed by atoms with Gasteiger partial charge in [0, 0.05) is 25.5 Å². The number of hydrogen-bond acceptors (Lipinski definition) is 2. The lowest BCUT2D eigenvalue weighted by Crippen LogP contribution is -2.39. The highest BCUT2D eigenvalue weighted by Gasteiger charge is 2.24. The van der Waals surface area contributed by atoms with E-state index in [-0.39, 0.29) is 0 Å². The van der Waals surface area contributed by atoms with Crippen LogP contribution in [0.25, 0.3) is 0 Å². The molecule has 1 aliphatic rings. The van der Waals surface area contributed by atoms with E-state index < -0.39 is 0 Å². The molecule has 0 N–H and O–H groups in total. The number of nitrogens with zero attached hydrogens (tertiary/aromatic N) is 2. The van der Waals surface area contributed by atoms with Crippen LogP contribution in [0.2, 0.25) is 0 Å². The van der Waals surface area contributed by atoms with Gasteiger partial charge in [-0.25, -0.2) is 0 Å². The highest BCUT2D eigenvalue weighted by molar-refractivity contribution is 4.96. The van der Waals surface area contributed by atoms with Gasteiger partial charge in [0.1, 0.15) is 6.17 Å². The Bertz CT molecular complexity index is 346. The maximum atomic E-state index is 2.64. The Morgan fingerprint density at radius 1 is 0.448 bits per heavy atom. The normalized spacial score (nSPS) is 14.4. The molecule has 0 radical (unpaired) electrons. The van der Waals surface area contributed by atoms with Gasteiger partial charge in [-0.3, -0.25) is 0 Å². The van der Waals surface area contributed by atoms with Crippen LogP contribution in [-0.2, 0) is 0 Å². The highest BCUT2D eigenvalue weighted by atomic mass is 15.4. The topological polar surface area (TPSA) is 6.48 Å². The van der Waals surface area contributed by atoms with Gasteiger partial charge in [-0.2, -0.15) is 0 Å². The Kier molecular flexibility index (Phi) is 17.6. The fraction of sp³-hybridized carbons (Fsp3) is 0.926. The first kappa shape index (κ1) is 26.4. The van der Waals surface area contributed by atoms with Crippen LogP contribution in [0.15, 0.2) is 12.4 Å². The predicted molar refractivity (Wildman–Crippen MR) is 131 cm³/mol. The van der Waals surface area contributed by atoms with Gasteiger partial charge in [0.25, 0.3) is 0 Å². The summed E-state index contributed by atoms with van der Waals surface area (Å²) in [4.78, 5) is 5.28. The molecule has 0 aliphatic carbocycles. The van der Waals surface area contributed by atoms with Crippen molar-refractivity contribution in [3.8, 4) is 0 Å². The van der Waals surface area contributed by atoms with Gasteiger partial charge in [0.05, 0.1) is 0 Å². The van der Waals surface area contributed by atoms with Gasteiger partial charge in [-0.05, 0) is 25.7 Å². The summed E-state index contributed by atoms with van der Waals surface area (Å²) < 4.78 is 0. The summed E-state index contributed by atoms with van der Waals surface area (Å²) in [6.45, 7) is 9.41. The van der Waals surface area contributed by atoms with Crippen LogP contribution in [0.1, 0.15) is 143 Å². The minimum Gasteiger partial charge on any atom is -0.356 e. The highest BCUT2D eigenvalue weighted by Crippen LogP contribution is 2.23. The summed E-state index contributed by atoms with van der Waals surface area (Å²) in [7, 11) is 0. The molecule has 0 bridgehead atoms. The molecule has 2 heteroatoms. The Labute approximate surface area is 184 Å². The largest absolute Gasteiger partial charge is 0.356 e. The second kappa shape index (κ2) is 19.3. The molecule has 0 aromatic carbocycles. The quantitative estimate of drug-likeness (QED) is 0.176. The molecule has 172 valence electrons. The summed E-state index contributed by atoms with van der Waals surface area (Å²) in [5.41, 5.74) is 0. The van der Waals surface area contributed by atoms with E-state index in [4.69, 9.17) is 0 Å². The minimum absolute atomic E-state index is 0.645. The lowest BCUT2D eigenvalue weighted by atomic mass is 10.0. The summed E-state index contributed by atoms with van der Waals surface area (Å²) in [5.74, 6) is 0. The standard InChI is InChI=1S/C27H54N2/c1-4-7-10-11-12-13-14-15-16-17-18-19-22-27-28(23-20-8-5-2)25-26-29(27)24-21-9-6-3/h25-27H,4-24H2,1-3H3. The molecule has 29 heavy (non-hydrogen) atoms. The molecular weight excluding hydrogens is 352 g/mol. The molecular formula is C27H54N2. The fourth-order valence-corrected chi connectivity index (χ4v) is 4.60. The monoisotopic (exact) mass is 406 g/mol. The molecule has 0 atom stereocenters. The van der Waals surface area contributed by atoms with Crippen LogP contribution in [-0.4, -0.2) is 29.1 Å². The SMILES string of the molecule is CCCCCCCCCCCCCCC1N(CCCCC)C=CN1CCCCC. The van der Waals surface area contributed by atoms with Crippen molar-refractivity contribution in [2.45, 2.75) is 149 Å². The third-order valence-corrected chi connectivity index (χ3v) is 6.57. The zero-order valence-electron chi connectivity index (χ0n) is 20.5. The summed E-state index contributed by atoms with van der Waals surface area (Å²) in [6.07, 6.45) is 32.1. The van der Waals surface area contributed by atoms with Crippen LogP contribution in [0.3, 0.4) is 0 Å². The average molecular weight is 407 g/mol. The lowest BCUT2D eigenvalue weighted by molar-refractivity contribution is 0.136. The van der Waals surface area contributed by atoms with Crippen molar-refractivity contribution in [2.75, 3.05) is 13.1 Å². The second-order valence-electron chi connectivity index (χ2n) is 9.35.